The third-order valence-electron chi connectivity index (χ3n) is 7.00. The Morgan fingerprint density at radius 2 is 1.94 bits per heavy atom. The molecule has 0 fully saturated rings. The van der Waals surface area contributed by atoms with Crippen molar-refractivity contribution in [2.24, 2.45) is 16.3 Å². The van der Waals surface area contributed by atoms with Gasteiger partial charge in [0.05, 0.1) is 5.69 Å². The van der Waals surface area contributed by atoms with Crippen LogP contribution in [-0.2, 0) is 6.42 Å². The van der Waals surface area contributed by atoms with Gasteiger partial charge in [0.25, 0.3) is 0 Å². The summed E-state index contributed by atoms with van der Waals surface area (Å²) in [5.74, 6) is 0.491. The lowest BCUT2D eigenvalue weighted by Gasteiger charge is -2.30. The minimum atomic E-state index is 0.150. The maximum Gasteiger partial charge on any atom is 0.0664 e. The maximum absolute atomic E-state index is 4.92. The summed E-state index contributed by atoms with van der Waals surface area (Å²) in [5.41, 5.74) is 8.82. The van der Waals surface area contributed by atoms with E-state index in [1.54, 1.807) is 6.20 Å². The lowest BCUT2D eigenvalue weighted by Crippen LogP contribution is -2.17. The van der Waals surface area contributed by atoms with Crippen LogP contribution in [0.15, 0.2) is 71.5 Å². The van der Waals surface area contributed by atoms with E-state index in [-0.39, 0.29) is 5.41 Å². The summed E-state index contributed by atoms with van der Waals surface area (Å²) < 4.78 is 0. The number of aliphatic imine (C=N–C) groups is 1. The Hall–Kier alpha value is -2.48. The highest BCUT2D eigenvalue weighted by molar-refractivity contribution is 6.00. The van der Waals surface area contributed by atoms with E-state index < -0.39 is 0 Å². The fourth-order valence-electron chi connectivity index (χ4n) is 4.14. The average molecular weight is 431 g/mol. The van der Waals surface area contributed by atoms with Gasteiger partial charge in [-0.05, 0) is 81.5 Å². The standard InChI is InChI=1S/C30H42N2/c1-9-11-13-27(10-2)23(4)24(5)30(7,8)18-17-26-16-15-22(3)29(20-26)32-25(6)28-14-12-19-31-21-28/h10,12,14-16,19-21,27H,2,9,11,13,17-18H2,1,3-8H3/b24-23-,32-25+. The number of benzene rings is 1. The van der Waals surface area contributed by atoms with Crippen molar-refractivity contribution >= 4 is 11.4 Å². The van der Waals surface area contributed by atoms with Crippen molar-refractivity contribution in [3.05, 3.63) is 83.2 Å². The Morgan fingerprint density at radius 3 is 2.56 bits per heavy atom. The van der Waals surface area contributed by atoms with Crippen molar-refractivity contribution < 1.29 is 0 Å². The zero-order chi connectivity index (χ0) is 23.7. The zero-order valence-corrected chi connectivity index (χ0v) is 21.3. The second kappa shape index (κ2) is 11.9. The summed E-state index contributed by atoms with van der Waals surface area (Å²) in [5, 5.41) is 0. The molecule has 2 rings (SSSR count). The SMILES string of the molecule is C=CC(CCCC)/C(C)=C(/C)C(C)(C)CCc1ccc(C)c(/N=C(\C)c2cccnc2)c1. The van der Waals surface area contributed by atoms with E-state index in [1.807, 2.05) is 12.3 Å². The molecule has 1 aromatic carbocycles. The molecule has 2 aromatic rings. The Labute approximate surface area is 196 Å². The van der Waals surface area contributed by atoms with Gasteiger partial charge in [0, 0.05) is 23.7 Å². The second-order valence-electron chi connectivity index (χ2n) is 9.74. The van der Waals surface area contributed by atoms with Crippen molar-refractivity contribution in [2.75, 3.05) is 0 Å². The number of rotatable bonds is 11. The van der Waals surface area contributed by atoms with Crippen LogP contribution in [-0.4, -0.2) is 10.7 Å². The van der Waals surface area contributed by atoms with E-state index in [0.717, 1.165) is 29.8 Å². The van der Waals surface area contributed by atoms with E-state index >= 15 is 0 Å². The van der Waals surface area contributed by atoms with Crippen LogP contribution >= 0.6 is 0 Å². The third-order valence-corrected chi connectivity index (χ3v) is 7.00. The van der Waals surface area contributed by atoms with Crippen LogP contribution < -0.4 is 0 Å². The Kier molecular flexibility index (Phi) is 9.62. The highest BCUT2D eigenvalue weighted by Gasteiger charge is 2.23. The van der Waals surface area contributed by atoms with Gasteiger partial charge in [0.2, 0.25) is 0 Å². The molecule has 2 nitrogen and oxygen atoms in total. The molecule has 1 unspecified atom stereocenters. The molecule has 0 saturated heterocycles. The third kappa shape index (κ3) is 7.02. The summed E-state index contributed by atoms with van der Waals surface area (Å²) in [7, 11) is 0. The molecular weight excluding hydrogens is 388 g/mol. The predicted octanol–water partition coefficient (Wildman–Crippen LogP) is 8.82. The first kappa shape index (κ1) is 25.8. The van der Waals surface area contributed by atoms with Gasteiger partial charge < -0.3 is 0 Å². The minimum absolute atomic E-state index is 0.150. The number of pyridine rings is 1. The molecule has 0 aliphatic rings. The van der Waals surface area contributed by atoms with Gasteiger partial charge in [-0.25, -0.2) is 0 Å². The van der Waals surface area contributed by atoms with Crippen molar-refractivity contribution in [1.29, 1.82) is 0 Å². The van der Waals surface area contributed by atoms with Crippen LogP contribution in [0.2, 0.25) is 0 Å². The lowest BCUT2D eigenvalue weighted by atomic mass is 9.75. The molecule has 0 saturated carbocycles. The fraction of sp³-hybridized carbons (Fsp3) is 0.467. The number of hydrogen-bond acceptors (Lipinski definition) is 2. The van der Waals surface area contributed by atoms with E-state index in [9.17, 15) is 0 Å². The second-order valence-corrected chi connectivity index (χ2v) is 9.74. The summed E-state index contributed by atoms with van der Waals surface area (Å²) >= 11 is 0. The van der Waals surface area contributed by atoms with Crippen LogP contribution in [0.5, 0.6) is 0 Å². The molecular formula is C30H42N2. The Balaban J connectivity index is 2.18. The van der Waals surface area contributed by atoms with Gasteiger partial charge in [-0.2, -0.15) is 0 Å². The van der Waals surface area contributed by atoms with Gasteiger partial charge in [-0.1, -0.05) is 69.0 Å². The molecule has 0 bridgehead atoms. The molecule has 172 valence electrons. The van der Waals surface area contributed by atoms with Gasteiger partial charge in [-0.3, -0.25) is 9.98 Å². The summed E-state index contributed by atoms with van der Waals surface area (Å²) in [6, 6.07) is 10.7. The van der Waals surface area contributed by atoms with Gasteiger partial charge in [0.1, 0.15) is 0 Å². The molecule has 32 heavy (non-hydrogen) atoms. The largest absolute Gasteiger partial charge is 0.264 e. The first-order chi connectivity index (χ1) is 15.2. The fourth-order valence-corrected chi connectivity index (χ4v) is 4.14. The first-order valence-electron chi connectivity index (χ1n) is 12.0. The van der Waals surface area contributed by atoms with Crippen LogP contribution in [0.25, 0.3) is 0 Å². The van der Waals surface area contributed by atoms with E-state index in [0.29, 0.717) is 5.92 Å². The molecule has 1 heterocycles. The van der Waals surface area contributed by atoms with E-state index in [1.165, 1.54) is 41.5 Å². The van der Waals surface area contributed by atoms with Gasteiger partial charge in [0.15, 0.2) is 0 Å². The lowest BCUT2D eigenvalue weighted by molar-refractivity contribution is 0.399. The smallest absolute Gasteiger partial charge is 0.0664 e. The van der Waals surface area contributed by atoms with Crippen molar-refractivity contribution in [1.82, 2.24) is 4.98 Å². The summed E-state index contributed by atoms with van der Waals surface area (Å²) in [6.07, 6.45) is 11.7. The molecule has 0 aliphatic heterocycles. The van der Waals surface area contributed by atoms with Crippen LogP contribution in [0, 0.1) is 18.3 Å². The average Bonchev–Trinajstić information content (AvgIpc) is 2.79. The summed E-state index contributed by atoms with van der Waals surface area (Å²) in [4.78, 5) is 9.13. The Bertz CT molecular complexity index is 948. The maximum atomic E-state index is 4.92. The van der Waals surface area contributed by atoms with Gasteiger partial charge >= 0.3 is 0 Å². The van der Waals surface area contributed by atoms with Crippen LogP contribution in [0.1, 0.15) is 83.9 Å². The van der Waals surface area contributed by atoms with E-state index in [2.05, 4.69) is 90.4 Å². The van der Waals surface area contributed by atoms with Crippen molar-refractivity contribution in [2.45, 2.75) is 80.6 Å². The first-order valence-corrected chi connectivity index (χ1v) is 12.0. The molecule has 0 radical (unpaired) electrons. The van der Waals surface area contributed by atoms with Gasteiger partial charge in [-0.15, -0.1) is 6.58 Å². The molecule has 0 aliphatic carbocycles. The number of aromatic nitrogens is 1. The molecule has 0 N–H and O–H groups in total. The minimum Gasteiger partial charge on any atom is -0.264 e. The molecule has 1 atom stereocenters. The Morgan fingerprint density at radius 1 is 1.19 bits per heavy atom. The number of aryl methyl sites for hydroxylation is 2. The monoisotopic (exact) mass is 430 g/mol. The highest BCUT2D eigenvalue weighted by Crippen LogP contribution is 2.37. The zero-order valence-electron chi connectivity index (χ0n) is 21.3. The number of allylic oxidation sites excluding steroid dienone is 3. The van der Waals surface area contributed by atoms with Crippen LogP contribution in [0.4, 0.5) is 5.69 Å². The predicted molar refractivity (Wildman–Crippen MR) is 141 cm³/mol. The number of unbranched alkanes of at least 4 members (excludes halogenated alkanes) is 1. The highest BCUT2D eigenvalue weighted by atomic mass is 14.8. The summed E-state index contributed by atoms with van der Waals surface area (Å²) in [6.45, 7) is 19.9. The quantitative estimate of drug-likeness (QED) is 0.258. The molecule has 0 spiro atoms. The molecule has 1 aromatic heterocycles. The molecule has 0 amide bonds. The van der Waals surface area contributed by atoms with Crippen LogP contribution in [0.3, 0.4) is 0 Å². The topological polar surface area (TPSA) is 25.2 Å². The number of nitrogens with zero attached hydrogens (tertiary/aromatic N) is 2. The van der Waals surface area contributed by atoms with Crippen molar-refractivity contribution in [3.8, 4) is 0 Å². The number of hydrogen-bond donors (Lipinski definition) is 0. The normalized spacial score (nSPS) is 14.2. The van der Waals surface area contributed by atoms with Crippen molar-refractivity contribution in [3.63, 3.8) is 0 Å². The molecule has 2 heteroatoms. The van der Waals surface area contributed by atoms with E-state index in [4.69, 9.17) is 4.99 Å².